The van der Waals surface area contributed by atoms with E-state index in [0.717, 1.165) is 11.0 Å². The molecule has 31 heavy (non-hydrogen) atoms. The molecule has 156 valence electrons. The maximum atomic E-state index is 12.5. The molecule has 0 fully saturated rings. The molecule has 0 bridgehead atoms. The second-order valence-electron chi connectivity index (χ2n) is 6.76. The molecule has 0 saturated heterocycles. The van der Waals surface area contributed by atoms with E-state index in [1.165, 1.54) is 0 Å². The van der Waals surface area contributed by atoms with Gasteiger partial charge in [0.15, 0.2) is 0 Å². The van der Waals surface area contributed by atoms with Crippen molar-refractivity contribution < 1.29 is 8.42 Å². The van der Waals surface area contributed by atoms with E-state index in [9.17, 15) is 8.42 Å². The standard InChI is InChI=1S/C19H17N9O2S/c1-11-10-16(25-17-21-12-6-2-3-7-13(12)22-17)26-18(20-11)27-31(29,30)28-19-23-14-8-4-5-9-15(14)24-19/h2-10H,1H3,(H2,23,24,28)(H3,20,21,22,25,26,27). The summed E-state index contributed by atoms with van der Waals surface area (Å²) in [6.45, 7) is 1.73. The van der Waals surface area contributed by atoms with Crippen molar-refractivity contribution in [3.8, 4) is 0 Å². The zero-order valence-corrected chi connectivity index (χ0v) is 17.0. The average molecular weight is 435 g/mol. The predicted molar refractivity (Wildman–Crippen MR) is 118 cm³/mol. The molecule has 0 aliphatic rings. The zero-order chi connectivity index (χ0) is 21.4. The van der Waals surface area contributed by atoms with Crippen molar-refractivity contribution in [2.75, 3.05) is 14.8 Å². The number of imidazole rings is 2. The van der Waals surface area contributed by atoms with Crippen LogP contribution < -0.4 is 14.8 Å². The topological polar surface area (TPSA) is 153 Å². The molecule has 0 aliphatic heterocycles. The number of para-hydroxylation sites is 4. The monoisotopic (exact) mass is 435 g/mol. The van der Waals surface area contributed by atoms with Gasteiger partial charge in [-0.05, 0) is 31.2 Å². The van der Waals surface area contributed by atoms with E-state index >= 15 is 0 Å². The Labute approximate surface area is 176 Å². The summed E-state index contributed by atoms with van der Waals surface area (Å²) in [4.78, 5) is 23.0. The summed E-state index contributed by atoms with van der Waals surface area (Å²) in [5.41, 5.74) is 3.59. The van der Waals surface area contributed by atoms with Crippen LogP contribution in [0.3, 0.4) is 0 Å². The van der Waals surface area contributed by atoms with Crippen LogP contribution in [0.1, 0.15) is 5.69 Å². The van der Waals surface area contributed by atoms with E-state index in [0.29, 0.717) is 28.5 Å². The first-order valence-corrected chi connectivity index (χ1v) is 10.7. The van der Waals surface area contributed by atoms with Crippen LogP contribution in [-0.4, -0.2) is 38.3 Å². The molecule has 5 rings (SSSR count). The number of aromatic nitrogens is 6. The molecule has 2 aromatic carbocycles. The number of anilines is 4. The molecular formula is C19H17N9O2S. The van der Waals surface area contributed by atoms with E-state index < -0.39 is 10.2 Å². The van der Waals surface area contributed by atoms with Gasteiger partial charge in [0.1, 0.15) is 5.82 Å². The molecule has 3 heterocycles. The van der Waals surface area contributed by atoms with E-state index in [4.69, 9.17) is 0 Å². The number of hydrogen-bond acceptors (Lipinski definition) is 7. The summed E-state index contributed by atoms with van der Waals surface area (Å²) in [5.74, 6) is 0.853. The number of benzene rings is 2. The first-order chi connectivity index (χ1) is 14.9. The third kappa shape index (κ3) is 4.09. The zero-order valence-electron chi connectivity index (χ0n) is 16.2. The first kappa shape index (κ1) is 18.8. The van der Waals surface area contributed by atoms with Crippen LogP contribution in [0, 0.1) is 6.92 Å². The number of H-pyrrole nitrogens is 2. The Morgan fingerprint density at radius 3 is 2.06 bits per heavy atom. The maximum Gasteiger partial charge on any atom is 0.326 e. The lowest BCUT2D eigenvalue weighted by molar-refractivity contribution is 0.605. The number of fused-ring (bicyclic) bond motifs is 2. The van der Waals surface area contributed by atoms with Gasteiger partial charge in [0, 0.05) is 11.8 Å². The molecule has 5 aromatic rings. The predicted octanol–water partition coefficient (Wildman–Crippen LogP) is 3.05. The average Bonchev–Trinajstić information content (AvgIpc) is 3.28. The molecule has 0 unspecified atom stereocenters. The van der Waals surface area contributed by atoms with E-state index in [1.54, 1.807) is 25.1 Å². The highest BCUT2D eigenvalue weighted by Gasteiger charge is 2.16. The fraction of sp³-hybridized carbons (Fsp3) is 0.0526. The van der Waals surface area contributed by atoms with Crippen LogP contribution in [0.25, 0.3) is 22.1 Å². The quantitative estimate of drug-likeness (QED) is 0.275. The van der Waals surface area contributed by atoms with Gasteiger partial charge < -0.3 is 15.3 Å². The maximum absolute atomic E-state index is 12.5. The van der Waals surface area contributed by atoms with Crippen molar-refractivity contribution in [1.29, 1.82) is 0 Å². The first-order valence-electron chi connectivity index (χ1n) is 9.26. The summed E-state index contributed by atoms with van der Waals surface area (Å²) >= 11 is 0. The van der Waals surface area contributed by atoms with Crippen LogP contribution in [-0.2, 0) is 10.2 Å². The van der Waals surface area contributed by atoms with Gasteiger partial charge in [0.2, 0.25) is 17.8 Å². The lowest BCUT2D eigenvalue weighted by Crippen LogP contribution is -2.23. The van der Waals surface area contributed by atoms with Crippen LogP contribution >= 0.6 is 0 Å². The van der Waals surface area contributed by atoms with Crippen LogP contribution in [0.4, 0.5) is 23.7 Å². The van der Waals surface area contributed by atoms with Gasteiger partial charge >= 0.3 is 10.2 Å². The summed E-state index contributed by atoms with van der Waals surface area (Å²) < 4.78 is 29.7. The number of hydrogen-bond donors (Lipinski definition) is 5. The van der Waals surface area contributed by atoms with E-state index in [1.807, 2.05) is 36.4 Å². The Morgan fingerprint density at radius 1 is 0.774 bits per heavy atom. The van der Waals surface area contributed by atoms with E-state index in [-0.39, 0.29) is 11.9 Å². The number of rotatable bonds is 6. The van der Waals surface area contributed by atoms with Crippen LogP contribution in [0.2, 0.25) is 0 Å². The van der Waals surface area contributed by atoms with Crippen molar-refractivity contribution in [3.05, 3.63) is 60.3 Å². The second kappa shape index (κ2) is 7.25. The molecule has 12 heteroatoms. The molecule has 0 amide bonds. The molecule has 11 nitrogen and oxygen atoms in total. The Kier molecular flexibility index (Phi) is 4.40. The third-order valence-corrected chi connectivity index (χ3v) is 5.25. The highest BCUT2D eigenvalue weighted by molar-refractivity contribution is 7.93. The third-order valence-electron chi connectivity index (χ3n) is 4.34. The minimum atomic E-state index is -4.03. The van der Waals surface area contributed by atoms with Gasteiger partial charge in [-0.3, -0.25) is 0 Å². The fourth-order valence-electron chi connectivity index (χ4n) is 3.09. The molecule has 0 spiro atoms. The highest BCUT2D eigenvalue weighted by Crippen LogP contribution is 2.19. The van der Waals surface area contributed by atoms with Crippen LogP contribution in [0.15, 0.2) is 54.6 Å². The van der Waals surface area contributed by atoms with Gasteiger partial charge in [-0.1, -0.05) is 24.3 Å². The van der Waals surface area contributed by atoms with Crippen LogP contribution in [0.5, 0.6) is 0 Å². The summed E-state index contributed by atoms with van der Waals surface area (Å²) in [7, 11) is -4.03. The van der Waals surface area contributed by atoms with Gasteiger partial charge in [0.25, 0.3) is 0 Å². The molecule has 5 N–H and O–H groups in total. The van der Waals surface area contributed by atoms with Crippen molar-refractivity contribution in [1.82, 2.24) is 29.9 Å². The second-order valence-corrected chi connectivity index (χ2v) is 8.17. The molecule has 0 radical (unpaired) electrons. The normalized spacial score (nSPS) is 11.6. The molecule has 3 aromatic heterocycles. The Hall–Kier alpha value is -4.19. The Balaban J connectivity index is 1.36. The number of nitrogens with zero attached hydrogens (tertiary/aromatic N) is 4. The molecule has 0 saturated carbocycles. The number of aryl methyl sites for hydroxylation is 1. The molecule has 0 atom stereocenters. The summed E-state index contributed by atoms with van der Waals surface area (Å²) in [6.07, 6.45) is 0. The molecular weight excluding hydrogens is 418 g/mol. The number of aromatic amines is 2. The minimum absolute atomic E-state index is 0.0852. The summed E-state index contributed by atoms with van der Waals surface area (Å²) in [5, 5.41) is 3.04. The van der Waals surface area contributed by atoms with Crippen molar-refractivity contribution in [2.24, 2.45) is 0 Å². The van der Waals surface area contributed by atoms with Crippen molar-refractivity contribution in [2.45, 2.75) is 6.92 Å². The highest BCUT2D eigenvalue weighted by atomic mass is 32.2. The van der Waals surface area contributed by atoms with E-state index in [2.05, 4.69) is 44.7 Å². The number of nitrogens with one attached hydrogen (secondary N) is 5. The molecule has 0 aliphatic carbocycles. The van der Waals surface area contributed by atoms with Gasteiger partial charge in [-0.25, -0.2) is 24.4 Å². The Morgan fingerprint density at radius 2 is 1.39 bits per heavy atom. The summed E-state index contributed by atoms with van der Waals surface area (Å²) in [6, 6.07) is 16.5. The van der Waals surface area contributed by atoms with Crippen molar-refractivity contribution in [3.63, 3.8) is 0 Å². The Bertz CT molecular complexity index is 1440. The van der Waals surface area contributed by atoms with Crippen molar-refractivity contribution >= 4 is 55.9 Å². The van der Waals surface area contributed by atoms with Gasteiger partial charge in [-0.2, -0.15) is 13.4 Å². The lowest BCUT2D eigenvalue weighted by atomic mass is 10.3. The van der Waals surface area contributed by atoms with Gasteiger partial charge in [-0.15, -0.1) is 0 Å². The SMILES string of the molecule is Cc1cc(Nc2nc3ccccc3[nH]2)nc(NS(=O)(=O)Nc2nc3ccccc3[nH]2)n1. The smallest absolute Gasteiger partial charge is 0.324 e. The minimum Gasteiger partial charge on any atom is -0.324 e. The largest absolute Gasteiger partial charge is 0.326 e. The lowest BCUT2D eigenvalue weighted by Gasteiger charge is -2.09. The fourth-order valence-corrected chi connectivity index (χ4v) is 3.82. The van der Waals surface area contributed by atoms with Gasteiger partial charge in [0.05, 0.1) is 22.1 Å².